The van der Waals surface area contributed by atoms with E-state index in [2.05, 4.69) is 25.3 Å². The molecule has 0 bridgehead atoms. The molecule has 2 N–H and O–H groups in total. The zero-order valence-electron chi connectivity index (χ0n) is 18.6. The fraction of sp³-hybridized carbons (Fsp3) is 0.333. The van der Waals surface area contributed by atoms with E-state index in [0.29, 0.717) is 28.8 Å². The number of hydrogen-bond donors (Lipinski definition) is 2. The van der Waals surface area contributed by atoms with Crippen LogP contribution in [-0.4, -0.2) is 41.5 Å². The Bertz CT molecular complexity index is 1220. The minimum absolute atomic E-state index is 0. The van der Waals surface area contributed by atoms with Crippen molar-refractivity contribution in [1.82, 2.24) is 10.2 Å². The lowest BCUT2D eigenvalue weighted by Gasteiger charge is -2.32. The molecule has 0 aliphatic carbocycles. The van der Waals surface area contributed by atoms with Crippen LogP contribution >= 0.6 is 24.0 Å². The number of rotatable bonds is 7. The molecule has 8 nitrogen and oxygen atoms in total. The maximum Gasteiger partial charge on any atom is 0.303 e. The van der Waals surface area contributed by atoms with Crippen LogP contribution in [-0.2, 0) is 11.3 Å². The van der Waals surface area contributed by atoms with Crippen LogP contribution in [0.3, 0.4) is 0 Å². The number of benzene rings is 2. The number of carboxylic acids is 1. The molecule has 0 spiro atoms. The average molecular weight is 502 g/mol. The van der Waals surface area contributed by atoms with Crippen molar-refractivity contribution in [2.45, 2.75) is 25.8 Å². The number of nitrogens with zero attached hydrogens (tertiary/aromatic N) is 4. The number of nitrogens with one attached hydrogen (secondary N) is 1. The fourth-order valence-electron chi connectivity index (χ4n) is 4.16. The smallest absolute Gasteiger partial charge is 0.303 e. The first-order valence-corrected chi connectivity index (χ1v) is 11.1. The zero-order chi connectivity index (χ0) is 23.4. The Labute approximate surface area is 209 Å². The molecule has 10 heteroatoms. The summed E-state index contributed by atoms with van der Waals surface area (Å²) < 4.78 is 5.21. The second-order valence-electron chi connectivity index (χ2n) is 8.06. The summed E-state index contributed by atoms with van der Waals surface area (Å²) >= 11 is 6.24. The molecule has 1 saturated heterocycles. The number of carbonyl (C=O) groups is 1. The first kappa shape index (κ1) is 25.3. The summed E-state index contributed by atoms with van der Waals surface area (Å²) in [5.41, 5.74) is 1.49. The molecule has 0 radical (unpaired) electrons. The Morgan fingerprint density at radius 2 is 2.00 bits per heavy atom. The highest BCUT2D eigenvalue weighted by atomic mass is 35.5. The van der Waals surface area contributed by atoms with Gasteiger partial charge in [0.25, 0.3) is 0 Å². The molecule has 0 unspecified atom stereocenters. The molecule has 0 atom stereocenters. The second kappa shape index (κ2) is 11.2. The van der Waals surface area contributed by atoms with Crippen LogP contribution in [0, 0.1) is 12.5 Å². The molecule has 178 valence electrons. The van der Waals surface area contributed by atoms with Gasteiger partial charge in [-0.25, -0.2) is 4.85 Å². The molecule has 0 amide bonds. The Morgan fingerprint density at radius 1 is 1.24 bits per heavy atom. The van der Waals surface area contributed by atoms with E-state index in [1.54, 1.807) is 13.2 Å². The first-order valence-electron chi connectivity index (χ1n) is 10.7. The van der Waals surface area contributed by atoms with Crippen molar-refractivity contribution in [2.24, 2.45) is 5.92 Å². The van der Waals surface area contributed by atoms with Crippen LogP contribution in [0.15, 0.2) is 36.4 Å². The summed E-state index contributed by atoms with van der Waals surface area (Å²) in [6.45, 7) is 9.33. The quantitative estimate of drug-likeness (QED) is 0.409. The van der Waals surface area contributed by atoms with Crippen molar-refractivity contribution in [2.75, 3.05) is 30.4 Å². The van der Waals surface area contributed by atoms with Gasteiger partial charge >= 0.3 is 5.97 Å². The molecule has 0 saturated carbocycles. The normalized spacial score (nSPS) is 13.7. The lowest BCUT2D eigenvalue weighted by atomic mass is 9.93. The third-order valence-electron chi connectivity index (χ3n) is 5.93. The number of aromatic nitrogens is 2. The van der Waals surface area contributed by atoms with Gasteiger partial charge in [0.05, 0.1) is 18.7 Å². The third kappa shape index (κ3) is 5.61. The minimum atomic E-state index is -0.751. The second-order valence-corrected chi connectivity index (χ2v) is 8.47. The number of fused-ring (bicyclic) bond motifs is 1. The predicted molar refractivity (Wildman–Crippen MR) is 136 cm³/mol. The molecule has 2 aromatic carbocycles. The van der Waals surface area contributed by atoms with Gasteiger partial charge in [-0.15, -0.1) is 22.6 Å². The minimum Gasteiger partial charge on any atom is -0.495 e. The number of ether oxygens (including phenoxy) is 1. The summed E-state index contributed by atoms with van der Waals surface area (Å²) in [6, 6.07) is 11.1. The van der Waals surface area contributed by atoms with E-state index in [9.17, 15) is 4.79 Å². The van der Waals surface area contributed by atoms with E-state index in [0.717, 1.165) is 48.1 Å². The number of methoxy groups -OCH3 is 1. The summed E-state index contributed by atoms with van der Waals surface area (Å²) in [5, 5.41) is 23.6. The van der Waals surface area contributed by atoms with Crippen LogP contribution in [0.5, 0.6) is 5.75 Å². The summed E-state index contributed by atoms with van der Waals surface area (Å²) in [7, 11) is 1.58. The van der Waals surface area contributed by atoms with Crippen molar-refractivity contribution in [3.63, 3.8) is 0 Å². The van der Waals surface area contributed by atoms with Gasteiger partial charge in [-0.05, 0) is 42.5 Å². The molecule has 4 rings (SSSR count). The fourth-order valence-corrected chi connectivity index (χ4v) is 4.44. The van der Waals surface area contributed by atoms with Gasteiger partial charge in [-0.1, -0.05) is 29.8 Å². The van der Waals surface area contributed by atoms with Crippen LogP contribution in [0.4, 0.5) is 17.3 Å². The molecule has 1 fully saturated rings. The summed E-state index contributed by atoms with van der Waals surface area (Å²) in [4.78, 5) is 16.7. The number of piperidine rings is 1. The Kier molecular flexibility index (Phi) is 8.37. The van der Waals surface area contributed by atoms with Gasteiger partial charge in [-0.3, -0.25) is 4.79 Å². The number of carboxylic acid groups (broad SMARTS) is 1. The molecular formula is C24H25Cl2N5O3. The Morgan fingerprint density at radius 3 is 2.65 bits per heavy atom. The van der Waals surface area contributed by atoms with Gasteiger partial charge in [-0.2, -0.15) is 0 Å². The number of hydrogen-bond acceptors (Lipinski definition) is 6. The van der Waals surface area contributed by atoms with E-state index in [1.165, 1.54) is 0 Å². The van der Waals surface area contributed by atoms with Crippen molar-refractivity contribution in [3.05, 3.63) is 58.4 Å². The monoisotopic (exact) mass is 501 g/mol. The first-order chi connectivity index (χ1) is 16.0. The largest absolute Gasteiger partial charge is 0.495 e. The van der Waals surface area contributed by atoms with Crippen LogP contribution in [0.1, 0.15) is 24.8 Å². The van der Waals surface area contributed by atoms with Gasteiger partial charge in [0.1, 0.15) is 5.75 Å². The lowest BCUT2D eigenvalue weighted by molar-refractivity contribution is -0.138. The molecule has 3 aromatic rings. The van der Waals surface area contributed by atoms with Crippen molar-refractivity contribution in [3.8, 4) is 5.75 Å². The van der Waals surface area contributed by atoms with Gasteiger partial charge in [0.2, 0.25) is 0 Å². The van der Waals surface area contributed by atoms with Crippen LogP contribution in [0.2, 0.25) is 5.02 Å². The highest BCUT2D eigenvalue weighted by Gasteiger charge is 2.24. The molecule has 1 aromatic heterocycles. The van der Waals surface area contributed by atoms with Crippen molar-refractivity contribution in [1.29, 1.82) is 0 Å². The standard InChI is InChI=1S/C24H24ClN5O3.ClH/c1-26-17-4-5-18-19(13-17)23(27-14-16-3-6-21(33-2)20(25)11-16)28-29-24(18)30-9-7-15(8-10-30)12-22(31)32;/h3-6,11,13,15H,7-10,12,14H2,2H3,(H,27,28)(H,31,32);1H. The van der Waals surface area contributed by atoms with Crippen LogP contribution in [0.25, 0.3) is 15.6 Å². The van der Waals surface area contributed by atoms with E-state index in [-0.39, 0.29) is 24.7 Å². The van der Waals surface area contributed by atoms with Crippen molar-refractivity contribution < 1.29 is 14.6 Å². The van der Waals surface area contributed by atoms with Crippen molar-refractivity contribution >= 4 is 58.1 Å². The van der Waals surface area contributed by atoms with E-state index < -0.39 is 5.97 Å². The highest BCUT2D eigenvalue weighted by Crippen LogP contribution is 2.34. The van der Waals surface area contributed by atoms with Gasteiger partial charge in [0.15, 0.2) is 17.3 Å². The molecule has 34 heavy (non-hydrogen) atoms. The van der Waals surface area contributed by atoms with Gasteiger partial charge in [0, 0.05) is 36.8 Å². The number of halogens is 2. The lowest BCUT2D eigenvalue weighted by Crippen LogP contribution is -2.35. The van der Waals surface area contributed by atoms with Gasteiger partial charge < -0.3 is 20.1 Å². The number of anilines is 2. The number of aliphatic carboxylic acids is 1. The molecule has 2 heterocycles. The van der Waals surface area contributed by atoms with Crippen LogP contribution < -0.4 is 15.0 Å². The Balaban J connectivity index is 0.00000324. The maximum absolute atomic E-state index is 11.0. The highest BCUT2D eigenvalue weighted by molar-refractivity contribution is 6.32. The van der Waals surface area contributed by atoms with E-state index >= 15 is 0 Å². The molecule has 1 aliphatic heterocycles. The Hall–Kier alpha value is -3.28. The van der Waals surface area contributed by atoms with E-state index in [4.69, 9.17) is 28.0 Å². The topological polar surface area (TPSA) is 91.9 Å². The SMILES string of the molecule is Cl.[C-]#[N+]c1ccc2c(N3CCC(CC(=O)O)CC3)nnc(NCc3ccc(OC)c(Cl)c3)c2c1. The average Bonchev–Trinajstić information content (AvgIpc) is 2.82. The zero-order valence-corrected chi connectivity index (χ0v) is 20.2. The molecule has 1 aliphatic rings. The predicted octanol–water partition coefficient (Wildman–Crippen LogP) is 5.57. The molecular weight excluding hydrogens is 477 g/mol. The summed E-state index contributed by atoms with van der Waals surface area (Å²) in [5.74, 6) is 1.40. The maximum atomic E-state index is 11.0. The van der Waals surface area contributed by atoms with E-state index in [1.807, 2.05) is 30.3 Å². The summed E-state index contributed by atoms with van der Waals surface area (Å²) in [6.07, 6.45) is 1.80. The third-order valence-corrected chi connectivity index (χ3v) is 6.22.